The van der Waals surface area contributed by atoms with E-state index in [0.717, 1.165) is 16.7 Å². The summed E-state index contributed by atoms with van der Waals surface area (Å²) in [6.45, 7) is 0.837. The van der Waals surface area contributed by atoms with Crippen molar-refractivity contribution in [2.45, 2.75) is 6.54 Å². The largest absolute Gasteiger partial charge is 0.341 e. The van der Waals surface area contributed by atoms with Crippen LogP contribution in [0.15, 0.2) is 45.8 Å². The number of halogens is 1. The normalized spacial score (nSPS) is 11.1. The van der Waals surface area contributed by atoms with Gasteiger partial charge >= 0.3 is 0 Å². The zero-order chi connectivity index (χ0) is 11.0. The number of benzene rings is 1. The molecule has 0 saturated heterocycles. The van der Waals surface area contributed by atoms with E-state index >= 15 is 0 Å². The fourth-order valence-electron chi connectivity index (χ4n) is 1.79. The molecule has 2 nitrogen and oxygen atoms in total. The maximum Gasteiger partial charge on any atom is 0.0795 e. The van der Waals surface area contributed by atoms with Crippen molar-refractivity contribution in [1.29, 1.82) is 0 Å². The zero-order valence-electron chi connectivity index (χ0n) is 8.43. The molecular weight excluding hydrogens is 284 g/mol. The Morgan fingerprint density at radius 3 is 3.06 bits per heavy atom. The van der Waals surface area contributed by atoms with Gasteiger partial charge in [0.1, 0.15) is 0 Å². The summed E-state index contributed by atoms with van der Waals surface area (Å²) in [7, 11) is 0. The van der Waals surface area contributed by atoms with E-state index in [1.54, 1.807) is 11.3 Å². The third-order valence-corrected chi connectivity index (χ3v) is 3.68. The fourth-order valence-corrected chi connectivity index (χ4v) is 2.68. The highest BCUT2D eigenvalue weighted by molar-refractivity contribution is 9.10. The van der Waals surface area contributed by atoms with E-state index in [1.165, 1.54) is 10.9 Å². The smallest absolute Gasteiger partial charge is 0.0795 e. The summed E-state index contributed by atoms with van der Waals surface area (Å²) in [5.74, 6) is 0. The standard InChI is InChI=1S/C12H9BrN2S/c13-10-2-1-9-3-4-15(12(9)5-10)6-11-7-16-8-14-11/h1-5,7-8H,6H2. The van der Waals surface area contributed by atoms with Crippen LogP contribution in [0.25, 0.3) is 10.9 Å². The van der Waals surface area contributed by atoms with Crippen LogP contribution in [-0.2, 0) is 6.54 Å². The summed E-state index contributed by atoms with van der Waals surface area (Å²) < 4.78 is 3.33. The van der Waals surface area contributed by atoms with Crippen LogP contribution in [0.3, 0.4) is 0 Å². The third kappa shape index (κ3) is 1.79. The van der Waals surface area contributed by atoms with Gasteiger partial charge in [-0.25, -0.2) is 4.98 Å². The molecular formula is C12H9BrN2S. The molecule has 0 radical (unpaired) electrons. The number of aromatic nitrogens is 2. The number of hydrogen-bond donors (Lipinski definition) is 0. The van der Waals surface area contributed by atoms with Crippen LogP contribution in [0, 0.1) is 0 Å². The minimum atomic E-state index is 0.837. The molecule has 0 amide bonds. The number of nitrogens with zero attached hydrogens (tertiary/aromatic N) is 2. The van der Waals surface area contributed by atoms with Crippen molar-refractivity contribution < 1.29 is 0 Å². The van der Waals surface area contributed by atoms with Gasteiger partial charge in [-0.15, -0.1) is 11.3 Å². The molecule has 0 N–H and O–H groups in total. The lowest BCUT2D eigenvalue weighted by atomic mass is 10.2. The zero-order valence-corrected chi connectivity index (χ0v) is 10.8. The molecule has 0 aliphatic rings. The Morgan fingerprint density at radius 2 is 2.25 bits per heavy atom. The lowest BCUT2D eigenvalue weighted by Crippen LogP contribution is -1.97. The van der Waals surface area contributed by atoms with Crippen molar-refractivity contribution in [1.82, 2.24) is 9.55 Å². The summed E-state index contributed by atoms with van der Waals surface area (Å²) in [5.41, 5.74) is 4.22. The minimum Gasteiger partial charge on any atom is -0.341 e. The van der Waals surface area contributed by atoms with Crippen LogP contribution in [0.5, 0.6) is 0 Å². The molecule has 80 valence electrons. The number of hydrogen-bond acceptors (Lipinski definition) is 2. The predicted octanol–water partition coefficient (Wildman–Crippen LogP) is 3.91. The van der Waals surface area contributed by atoms with Crippen LogP contribution in [-0.4, -0.2) is 9.55 Å². The lowest BCUT2D eigenvalue weighted by Gasteiger charge is -2.03. The molecule has 0 spiro atoms. The number of rotatable bonds is 2. The van der Waals surface area contributed by atoms with E-state index in [2.05, 4.69) is 61.3 Å². The van der Waals surface area contributed by atoms with Gasteiger partial charge < -0.3 is 4.57 Å². The van der Waals surface area contributed by atoms with Crippen LogP contribution in [0.1, 0.15) is 5.69 Å². The average molecular weight is 293 g/mol. The number of thiazole rings is 1. The van der Waals surface area contributed by atoms with Crippen LogP contribution < -0.4 is 0 Å². The highest BCUT2D eigenvalue weighted by atomic mass is 79.9. The Morgan fingerprint density at radius 1 is 1.31 bits per heavy atom. The second-order valence-corrected chi connectivity index (χ2v) is 5.26. The molecule has 2 heterocycles. The summed E-state index contributed by atoms with van der Waals surface area (Å²) in [4.78, 5) is 4.31. The van der Waals surface area contributed by atoms with E-state index in [1.807, 2.05) is 5.51 Å². The quantitative estimate of drug-likeness (QED) is 0.700. The highest BCUT2D eigenvalue weighted by Gasteiger charge is 2.03. The SMILES string of the molecule is Brc1ccc2ccn(Cc3cscn3)c2c1. The Hall–Kier alpha value is -1.13. The summed E-state index contributed by atoms with van der Waals surface area (Å²) >= 11 is 5.14. The summed E-state index contributed by atoms with van der Waals surface area (Å²) in [6.07, 6.45) is 2.11. The van der Waals surface area contributed by atoms with Gasteiger partial charge in [-0.3, -0.25) is 0 Å². The third-order valence-electron chi connectivity index (χ3n) is 2.55. The molecule has 3 aromatic rings. The minimum absolute atomic E-state index is 0.837. The first-order valence-electron chi connectivity index (χ1n) is 4.94. The first kappa shape index (κ1) is 10.1. The van der Waals surface area contributed by atoms with E-state index in [9.17, 15) is 0 Å². The van der Waals surface area contributed by atoms with E-state index in [0.29, 0.717) is 0 Å². The molecule has 0 bridgehead atoms. The summed E-state index contributed by atoms with van der Waals surface area (Å²) in [6, 6.07) is 8.46. The second-order valence-electron chi connectivity index (χ2n) is 3.63. The van der Waals surface area contributed by atoms with E-state index in [-0.39, 0.29) is 0 Å². The maximum atomic E-state index is 4.31. The van der Waals surface area contributed by atoms with Crippen molar-refractivity contribution in [3.63, 3.8) is 0 Å². The molecule has 2 aromatic heterocycles. The van der Waals surface area contributed by atoms with Crippen LogP contribution >= 0.6 is 27.3 Å². The van der Waals surface area contributed by atoms with Crippen LogP contribution in [0.4, 0.5) is 0 Å². The Kier molecular flexibility index (Phi) is 2.53. The molecule has 0 saturated carbocycles. The first-order chi connectivity index (χ1) is 7.83. The molecule has 3 rings (SSSR count). The van der Waals surface area contributed by atoms with Gasteiger partial charge in [0.25, 0.3) is 0 Å². The van der Waals surface area contributed by atoms with Gasteiger partial charge in [0.15, 0.2) is 0 Å². The Labute approximate surface area is 106 Å². The average Bonchev–Trinajstić information content (AvgIpc) is 2.90. The second kappa shape index (κ2) is 4.03. The van der Waals surface area contributed by atoms with Crippen molar-refractivity contribution in [3.8, 4) is 0 Å². The van der Waals surface area contributed by atoms with Crippen molar-refractivity contribution in [3.05, 3.63) is 51.5 Å². The predicted molar refractivity (Wildman–Crippen MR) is 70.9 cm³/mol. The van der Waals surface area contributed by atoms with Gasteiger partial charge in [0.2, 0.25) is 0 Å². The van der Waals surface area contributed by atoms with E-state index in [4.69, 9.17) is 0 Å². The monoisotopic (exact) mass is 292 g/mol. The molecule has 1 aromatic carbocycles. The van der Waals surface area contributed by atoms with Crippen molar-refractivity contribution in [2.24, 2.45) is 0 Å². The molecule has 16 heavy (non-hydrogen) atoms. The van der Waals surface area contributed by atoms with Gasteiger partial charge in [-0.05, 0) is 23.6 Å². The van der Waals surface area contributed by atoms with Crippen LogP contribution in [0.2, 0.25) is 0 Å². The van der Waals surface area contributed by atoms with Crippen molar-refractivity contribution in [2.75, 3.05) is 0 Å². The molecule has 0 aliphatic heterocycles. The molecule has 0 fully saturated rings. The Bertz CT molecular complexity index is 613. The van der Waals surface area contributed by atoms with Gasteiger partial charge in [0.05, 0.1) is 17.7 Å². The van der Waals surface area contributed by atoms with Crippen molar-refractivity contribution >= 4 is 38.2 Å². The Balaban J connectivity index is 2.07. The molecule has 0 atom stereocenters. The molecule has 0 unspecified atom stereocenters. The van der Waals surface area contributed by atoms with Gasteiger partial charge in [0, 0.05) is 21.6 Å². The summed E-state index contributed by atoms with van der Waals surface area (Å²) in [5, 5.41) is 3.35. The number of fused-ring (bicyclic) bond motifs is 1. The maximum absolute atomic E-state index is 4.31. The molecule has 0 aliphatic carbocycles. The first-order valence-corrected chi connectivity index (χ1v) is 6.68. The highest BCUT2D eigenvalue weighted by Crippen LogP contribution is 2.21. The topological polar surface area (TPSA) is 17.8 Å². The van der Waals surface area contributed by atoms with Gasteiger partial charge in [-0.2, -0.15) is 0 Å². The van der Waals surface area contributed by atoms with Gasteiger partial charge in [-0.1, -0.05) is 22.0 Å². The van der Waals surface area contributed by atoms with E-state index < -0.39 is 0 Å². The lowest BCUT2D eigenvalue weighted by molar-refractivity contribution is 0.814. The molecule has 4 heteroatoms. The fraction of sp³-hybridized carbons (Fsp3) is 0.0833.